The highest BCUT2D eigenvalue weighted by molar-refractivity contribution is 7.10. The largest absolute Gasteiger partial charge is 0.507 e. The molecule has 1 N–H and O–H groups in total. The Morgan fingerprint density at radius 1 is 1.17 bits per heavy atom. The molecule has 0 bridgehead atoms. The van der Waals surface area contributed by atoms with E-state index in [0.29, 0.717) is 18.7 Å². The van der Waals surface area contributed by atoms with Crippen molar-refractivity contribution in [3.8, 4) is 5.75 Å². The lowest BCUT2D eigenvalue weighted by molar-refractivity contribution is -0.140. The number of aliphatic hydroxyl groups excluding tert-OH is 1. The molecule has 4 rings (SSSR count). The van der Waals surface area contributed by atoms with Crippen molar-refractivity contribution >= 4 is 28.8 Å². The molecular weight excluding hydrogens is 464 g/mol. The number of likely N-dealkylation sites (tertiary alicyclic amines) is 1. The van der Waals surface area contributed by atoms with Gasteiger partial charge in [0, 0.05) is 36.6 Å². The quantitative estimate of drug-likeness (QED) is 0.227. The molecule has 3 heterocycles. The smallest absolute Gasteiger partial charge is 0.295 e. The van der Waals surface area contributed by atoms with E-state index in [9.17, 15) is 14.7 Å². The zero-order chi connectivity index (χ0) is 24.8. The standard InChI is InChI=1S/C27H34N2O5S/c1-3-4-14-34-20-8-9-21(19(2)18-20)25(30)23-24(22-7-5-17-35-22)29(27(32)26(23)31)11-6-10-28-12-15-33-16-13-28/h5,7-9,17-18,24,30H,3-4,6,10-16H2,1-2H3/t24-/m0/s1. The second-order valence-electron chi connectivity index (χ2n) is 8.99. The molecule has 0 unspecified atom stereocenters. The number of ketones is 1. The molecule has 1 aromatic heterocycles. The Hall–Kier alpha value is -2.68. The minimum absolute atomic E-state index is 0.130. The van der Waals surface area contributed by atoms with Gasteiger partial charge in [-0.3, -0.25) is 14.5 Å². The van der Waals surface area contributed by atoms with E-state index in [4.69, 9.17) is 9.47 Å². The van der Waals surface area contributed by atoms with Crippen LogP contribution in [0, 0.1) is 6.92 Å². The monoisotopic (exact) mass is 498 g/mol. The van der Waals surface area contributed by atoms with E-state index in [1.807, 2.05) is 30.5 Å². The molecule has 0 saturated carbocycles. The van der Waals surface area contributed by atoms with E-state index in [-0.39, 0.29) is 11.3 Å². The number of morpholine rings is 1. The number of hydrogen-bond acceptors (Lipinski definition) is 7. The summed E-state index contributed by atoms with van der Waals surface area (Å²) in [5.41, 5.74) is 1.49. The Morgan fingerprint density at radius 3 is 2.66 bits per heavy atom. The third kappa shape index (κ3) is 5.77. The summed E-state index contributed by atoms with van der Waals surface area (Å²) in [6.07, 6.45) is 2.77. The van der Waals surface area contributed by atoms with Crippen LogP contribution in [0.15, 0.2) is 41.3 Å². The molecular formula is C27H34N2O5S. The van der Waals surface area contributed by atoms with E-state index in [2.05, 4.69) is 11.8 Å². The number of hydrogen-bond donors (Lipinski definition) is 1. The van der Waals surface area contributed by atoms with Crippen LogP contribution in [0.2, 0.25) is 0 Å². The number of aliphatic hydroxyl groups is 1. The maximum Gasteiger partial charge on any atom is 0.295 e. The van der Waals surface area contributed by atoms with Crippen molar-refractivity contribution in [1.29, 1.82) is 0 Å². The molecule has 2 aliphatic rings. The molecule has 1 aromatic carbocycles. The summed E-state index contributed by atoms with van der Waals surface area (Å²) in [6, 6.07) is 8.67. The van der Waals surface area contributed by atoms with Gasteiger partial charge in [0.25, 0.3) is 11.7 Å². The predicted molar refractivity (Wildman–Crippen MR) is 137 cm³/mol. The Kier molecular flexibility index (Phi) is 8.59. The first-order chi connectivity index (χ1) is 17.0. The zero-order valence-electron chi connectivity index (χ0n) is 20.5. The molecule has 35 heavy (non-hydrogen) atoms. The second-order valence-corrected chi connectivity index (χ2v) is 9.97. The summed E-state index contributed by atoms with van der Waals surface area (Å²) in [7, 11) is 0. The average Bonchev–Trinajstić information content (AvgIpc) is 3.47. The number of unbranched alkanes of at least 4 members (excludes halogenated alkanes) is 1. The Labute approximate surface area is 210 Å². The maximum atomic E-state index is 13.2. The normalized spacial score (nSPS) is 20.5. The lowest BCUT2D eigenvalue weighted by Crippen LogP contribution is -2.38. The average molecular weight is 499 g/mol. The summed E-state index contributed by atoms with van der Waals surface area (Å²) >= 11 is 1.49. The highest BCUT2D eigenvalue weighted by Crippen LogP contribution is 2.41. The highest BCUT2D eigenvalue weighted by Gasteiger charge is 2.46. The molecule has 2 saturated heterocycles. The number of aryl methyl sites for hydroxylation is 1. The van der Waals surface area contributed by atoms with Crippen molar-refractivity contribution in [1.82, 2.24) is 9.80 Å². The van der Waals surface area contributed by atoms with Gasteiger partial charge in [0.2, 0.25) is 0 Å². The summed E-state index contributed by atoms with van der Waals surface area (Å²) in [4.78, 5) is 31.1. The number of Topliss-reactive ketones (excluding diaryl/α,β-unsaturated/α-hetero) is 1. The third-order valence-electron chi connectivity index (χ3n) is 6.55. The lowest BCUT2D eigenvalue weighted by atomic mass is 9.97. The van der Waals surface area contributed by atoms with Gasteiger partial charge in [-0.05, 0) is 55.0 Å². The zero-order valence-corrected chi connectivity index (χ0v) is 21.3. The van der Waals surface area contributed by atoms with Gasteiger partial charge in [-0.25, -0.2) is 0 Å². The van der Waals surface area contributed by atoms with Crippen molar-refractivity contribution in [2.45, 2.75) is 39.2 Å². The lowest BCUT2D eigenvalue weighted by Gasteiger charge is -2.28. The van der Waals surface area contributed by atoms with E-state index >= 15 is 0 Å². The molecule has 8 heteroatoms. The van der Waals surface area contributed by atoms with E-state index in [0.717, 1.165) is 68.3 Å². The van der Waals surface area contributed by atoms with Gasteiger partial charge in [0.05, 0.1) is 31.4 Å². The van der Waals surface area contributed by atoms with Gasteiger partial charge in [-0.1, -0.05) is 19.4 Å². The molecule has 0 spiro atoms. The van der Waals surface area contributed by atoms with Crippen molar-refractivity contribution in [3.05, 3.63) is 57.3 Å². The number of carbonyl (C=O) groups excluding carboxylic acids is 2. The van der Waals surface area contributed by atoms with Gasteiger partial charge >= 0.3 is 0 Å². The Morgan fingerprint density at radius 2 is 1.97 bits per heavy atom. The summed E-state index contributed by atoms with van der Waals surface area (Å²) in [5, 5.41) is 13.3. The van der Waals surface area contributed by atoms with Crippen LogP contribution in [0.4, 0.5) is 0 Å². The van der Waals surface area contributed by atoms with Crippen LogP contribution in [0.1, 0.15) is 48.2 Å². The van der Waals surface area contributed by atoms with Crippen LogP contribution in [0.5, 0.6) is 5.75 Å². The number of carbonyl (C=O) groups is 2. The number of benzene rings is 1. The van der Waals surface area contributed by atoms with Crippen LogP contribution in [0.3, 0.4) is 0 Å². The summed E-state index contributed by atoms with van der Waals surface area (Å²) < 4.78 is 11.2. The van der Waals surface area contributed by atoms with Crippen LogP contribution < -0.4 is 4.74 Å². The molecule has 188 valence electrons. The first-order valence-corrected chi connectivity index (χ1v) is 13.2. The van der Waals surface area contributed by atoms with Crippen molar-refractivity contribution in [2.75, 3.05) is 46.0 Å². The molecule has 0 radical (unpaired) electrons. The van der Waals surface area contributed by atoms with Gasteiger partial charge in [-0.2, -0.15) is 0 Å². The van der Waals surface area contributed by atoms with Crippen molar-refractivity contribution in [2.24, 2.45) is 0 Å². The first-order valence-electron chi connectivity index (χ1n) is 12.4. The molecule has 2 aliphatic heterocycles. The number of ether oxygens (including phenoxy) is 2. The molecule has 1 amide bonds. The molecule has 7 nitrogen and oxygen atoms in total. The Bertz CT molecular complexity index is 1060. The fourth-order valence-corrected chi connectivity index (χ4v) is 5.46. The number of rotatable bonds is 10. The first kappa shape index (κ1) is 25.4. The molecule has 2 fully saturated rings. The van der Waals surface area contributed by atoms with Gasteiger partial charge in [-0.15, -0.1) is 11.3 Å². The molecule has 0 aliphatic carbocycles. The van der Waals surface area contributed by atoms with Gasteiger partial charge < -0.3 is 19.5 Å². The highest BCUT2D eigenvalue weighted by atomic mass is 32.1. The molecule has 2 aromatic rings. The predicted octanol–water partition coefficient (Wildman–Crippen LogP) is 4.38. The minimum atomic E-state index is -0.630. The van der Waals surface area contributed by atoms with Crippen LogP contribution >= 0.6 is 11.3 Å². The summed E-state index contributed by atoms with van der Waals surface area (Å²) in [6.45, 7) is 9.11. The number of thiophene rings is 1. The summed E-state index contributed by atoms with van der Waals surface area (Å²) in [5.74, 6) is -0.583. The van der Waals surface area contributed by atoms with Crippen LogP contribution in [-0.4, -0.2) is 72.6 Å². The van der Waals surface area contributed by atoms with Gasteiger partial charge in [0.15, 0.2) is 0 Å². The Balaban J connectivity index is 1.59. The third-order valence-corrected chi connectivity index (χ3v) is 7.47. The number of amides is 1. The van der Waals surface area contributed by atoms with E-state index < -0.39 is 17.7 Å². The SMILES string of the molecule is CCCCOc1ccc(C(O)=C2C(=O)C(=O)N(CCCN3CCOCC3)[C@H]2c2cccs2)c(C)c1. The number of nitrogens with zero attached hydrogens (tertiary/aromatic N) is 2. The van der Waals surface area contributed by atoms with Gasteiger partial charge in [0.1, 0.15) is 11.5 Å². The topological polar surface area (TPSA) is 79.3 Å². The minimum Gasteiger partial charge on any atom is -0.507 e. The van der Waals surface area contributed by atoms with Crippen molar-refractivity contribution < 1.29 is 24.2 Å². The van der Waals surface area contributed by atoms with Crippen LogP contribution in [-0.2, 0) is 14.3 Å². The van der Waals surface area contributed by atoms with E-state index in [1.165, 1.54) is 11.3 Å². The second kappa shape index (κ2) is 11.8. The maximum absolute atomic E-state index is 13.2. The van der Waals surface area contributed by atoms with Crippen LogP contribution in [0.25, 0.3) is 5.76 Å². The fraction of sp³-hybridized carbons (Fsp3) is 0.481. The molecule has 1 atom stereocenters. The fourth-order valence-electron chi connectivity index (χ4n) is 4.61. The van der Waals surface area contributed by atoms with E-state index in [1.54, 1.807) is 17.0 Å². The van der Waals surface area contributed by atoms with Crippen molar-refractivity contribution in [3.63, 3.8) is 0 Å².